The number of hydrogen-bond donors (Lipinski definition) is 0. The van der Waals surface area contributed by atoms with Crippen molar-refractivity contribution >= 4 is 59.1 Å². The summed E-state index contributed by atoms with van der Waals surface area (Å²) in [6.07, 6.45) is 0. The topological polar surface area (TPSA) is 6.48 Å². The van der Waals surface area contributed by atoms with Crippen LogP contribution in [0.4, 0.5) is 11.4 Å². The van der Waals surface area contributed by atoms with Gasteiger partial charge in [0.2, 0.25) is 0 Å². The zero-order valence-corrected chi connectivity index (χ0v) is 19.1. The number of hydrogen-bond acceptors (Lipinski definition) is 2. The summed E-state index contributed by atoms with van der Waals surface area (Å²) in [5, 5.41) is 0. The Bertz CT molecular complexity index is 772. The predicted molar refractivity (Wildman–Crippen MR) is 118 cm³/mol. The standard InChI is InChI=1S/C22H24N2Se2/c1-23(2)17-8-12-19(13-9-17)25-21-6-5-7-22(16-21)26-20-14-10-18(11-15-20)24(3)4/h5-16H,1-4H3. The molecule has 0 bridgehead atoms. The van der Waals surface area contributed by atoms with Crippen LogP contribution >= 0.6 is 0 Å². The normalized spacial score (nSPS) is 10.6. The number of benzene rings is 3. The Morgan fingerprint density at radius 2 is 0.885 bits per heavy atom. The van der Waals surface area contributed by atoms with E-state index in [1.165, 1.54) is 29.2 Å². The average Bonchev–Trinajstić information content (AvgIpc) is 2.63. The van der Waals surface area contributed by atoms with Gasteiger partial charge in [-0.15, -0.1) is 0 Å². The van der Waals surface area contributed by atoms with Crippen molar-refractivity contribution < 1.29 is 0 Å². The van der Waals surface area contributed by atoms with Crippen LogP contribution in [-0.2, 0) is 0 Å². The Labute approximate surface area is 169 Å². The zero-order valence-electron chi connectivity index (χ0n) is 15.6. The molecule has 3 aromatic rings. The maximum atomic E-state index is 2.39. The molecule has 0 aliphatic heterocycles. The molecule has 3 rings (SSSR count). The van der Waals surface area contributed by atoms with Crippen molar-refractivity contribution in [3.8, 4) is 0 Å². The molecule has 0 atom stereocenters. The molecule has 0 heterocycles. The molecule has 0 aromatic heterocycles. The van der Waals surface area contributed by atoms with Gasteiger partial charge >= 0.3 is 170 Å². The molecule has 0 N–H and O–H groups in total. The fourth-order valence-corrected chi connectivity index (χ4v) is 6.56. The Balaban J connectivity index is 1.69. The molecule has 0 aliphatic carbocycles. The summed E-state index contributed by atoms with van der Waals surface area (Å²) in [6.45, 7) is 0. The van der Waals surface area contributed by atoms with Gasteiger partial charge in [-0.05, 0) is 0 Å². The monoisotopic (exact) mass is 476 g/mol. The molecule has 4 heteroatoms. The van der Waals surface area contributed by atoms with E-state index in [0.717, 1.165) is 0 Å². The zero-order chi connectivity index (χ0) is 18.5. The van der Waals surface area contributed by atoms with E-state index in [0.29, 0.717) is 29.9 Å². The number of anilines is 2. The molecule has 0 spiro atoms. The van der Waals surface area contributed by atoms with Crippen LogP contribution in [0.1, 0.15) is 0 Å². The summed E-state index contributed by atoms with van der Waals surface area (Å²) in [6, 6.07) is 27.0. The van der Waals surface area contributed by atoms with E-state index in [2.05, 4.69) is 111 Å². The fraction of sp³-hybridized carbons (Fsp3) is 0.182. The van der Waals surface area contributed by atoms with Crippen molar-refractivity contribution in [2.75, 3.05) is 38.0 Å². The first-order valence-electron chi connectivity index (χ1n) is 8.52. The van der Waals surface area contributed by atoms with Crippen molar-refractivity contribution in [2.45, 2.75) is 0 Å². The van der Waals surface area contributed by atoms with Crippen LogP contribution in [0.15, 0.2) is 72.8 Å². The molecule has 0 radical (unpaired) electrons. The molecule has 2 nitrogen and oxygen atoms in total. The minimum atomic E-state index is 0.353. The number of nitrogens with zero attached hydrogens (tertiary/aromatic N) is 2. The van der Waals surface area contributed by atoms with Crippen molar-refractivity contribution in [3.63, 3.8) is 0 Å². The van der Waals surface area contributed by atoms with Gasteiger partial charge in [-0.3, -0.25) is 0 Å². The molecule has 0 aliphatic rings. The van der Waals surface area contributed by atoms with Crippen LogP contribution in [0, 0.1) is 0 Å². The van der Waals surface area contributed by atoms with E-state index >= 15 is 0 Å². The van der Waals surface area contributed by atoms with Gasteiger partial charge in [0.05, 0.1) is 0 Å². The molecule has 3 aromatic carbocycles. The molecule has 0 fully saturated rings. The Morgan fingerprint density at radius 1 is 0.500 bits per heavy atom. The summed E-state index contributed by atoms with van der Waals surface area (Å²) < 4.78 is 5.73. The first-order chi connectivity index (χ1) is 12.5. The van der Waals surface area contributed by atoms with Crippen molar-refractivity contribution in [2.24, 2.45) is 0 Å². The van der Waals surface area contributed by atoms with Crippen molar-refractivity contribution in [1.29, 1.82) is 0 Å². The van der Waals surface area contributed by atoms with E-state index in [9.17, 15) is 0 Å². The first-order valence-corrected chi connectivity index (χ1v) is 11.9. The molecule has 0 unspecified atom stereocenters. The third-order valence-electron chi connectivity index (χ3n) is 3.98. The van der Waals surface area contributed by atoms with Crippen LogP contribution in [0.5, 0.6) is 0 Å². The van der Waals surface area contributed by atoms with Crippen molar-refractivity contribution in [1.82, 2.24) is 0 Å². The second kappa shape index (κ2) is 8.79. The third-order valence-corrected chi connectivity index (χ3v) is 8.17. The van der Waals surface area contributed by atoms with Crippen LogP contribution in [0.25, 0.3) is 0 Å². The Morgan fingerprint density at radius 3 is 1.23 bits per heavy atom. The summed E-state index contributed by atoms with van der Waals surface area (Å²) in [5.41, 5.74) is 2.51. The second-order valence-corrected chi connectivity index (χ2v) is 11.3. The predicted octanol–water partition coefficient (Wildman–Crippen LogP) is 1.13. The van der Waals surface area contributed by atoms with Crippen LogP contribution in [0.2, 0.25) is 0 Å². The molecule has 0 saturated heterocycles. The molecular formula is C22H24N2Se2. The van der Waals surface area contributed by atoms with Gasteiger partial charge in [0.25, 0.3) is 0 Å². The summed E-state index contributed by atoms with van der Waals surface area (Å²) in [5.74, 6) is 0. The SMILES string of the molecule is CN(C)c1ccc([Se]c2cccc([Se]c3ccc(N(C)C)cc3)c2)cc1. The summed E-state index contributed by atoms with van der Waals surface area (Å²) in [4.78, 5) is 4.28. The average molecular weight is 474 g/mol. The molecule has 0 saturated carbocycles. The molecule has 134 valence electrons. The minimum absolute atomic E-state index is 0.353. The van der Waals surface area contributed by atoms with Gasteiger partial charge in [0, 0.05) is 0 Å². The van der Waals surface area contributed by atoms with E-state index < -0.39 is 0 Å². The fourth-order valence-electron chi connectivity index (χ4n) is 2.50. The molecular weight excluding hydrogens is 450 g/mol. The van der Waals surface area contributed by atoms with Crippen LogP contribution < -0.4 is 27.6 Å². The third kappa shape index (κ3) is 5.15. The van der Waals surface area contributed by atoms with Gasteiger partial charge < -0.3 is 0 Å². The van der Waals surface area contributed by atoms with Crippen LogP contribution in [0.3, 0.4) is 0 Å². The van der Waals surface area contributed by atoms with Crippen molar-refractivity contribution in [3.05, 3.63) is 72.8 Å². The number of rotatable bonds is 6. The van der Waals surface area contributed by atoms with E-state index in [1.54, 1.807) is 0 Å². The Hall–Kier alpha value is -1.70. The van der Waals surface area contributed by atoms with Gasteiger partial charge in [-0.2, -0.15) is 0 Å². The maximum absolute atomic E-state index is 2.39. The molecule has 0 amide bonds. The quantitative estimate of drug-likeness (QED) is 0.495. The van der Waals surface area contributed by atoms with E-state index in [-0.39, 0.29) is 0 Å². The molecule has 26 heavy (non-hydrogen) atoms. The van der Waals surface area contributed by atoms with Gasteiger partial charge in [-0.25, -0.2) is 0 Å². The van der Waals surface area contributed by atoms with Gasteiger partial charge in [0.15, 0.2) is 0 Å². The Kier molecular flexibility index (Phi) is 6.45. The van der Waals surface area contributed by atoms with E-state index in [1.807, 2.05) is 0 Å². The van der Waals surface area contributed by atoms with Crippen LogP contribution in [-0.4, -0.2) is 58.1 Å². The first kappa shape index (κ1) is 19.1. The van der Waals surface area contributed by atoms with E-state index in [4.69, 9.17) is 0 Å². The second-order valence-electron chi connectivity index (χ2n) is 6.46. The summed E-state index contributed by atoms with van der Waals surface area (Å²) >= 11 is 0.706. The van der Waals surface area contributed by atoms with Gasteiger partial charge in [0.1, 0.15) is 0 Å². The summed E-state index contributed by atoms with van der Waals surface area (Å²) in [7, 11) is 8.32. The van der Waals surface area contributed by atoms with Gasteiger partial charge in [-0.1, -0.05) is 0 Å².